The van der Waals surface area contributed by atoms with Gasteiger partial charge >= 0.3 is 0 Å². The number of hydrogen-bond donors (Lipinski definition) is 2. The minimum absolute atomic E-state index is 0.780. The van der Waals surface area contributed by atoms with E-state index in [1.165, 1.54) is 11.3 Å². The lowest BCUT2D eigenvalue weighted by Crippen LogP contribution is -2.11. The molecule has 1 rings (SSSR count). The normalized spacial score (nSPS) is 10.8. The van der Waals surface area contributed by atoms with E-state index in [1.807, 2.05) is 0 Å². The second kappa shape index (κ2) is 7.25. The fourth-order valence-electron chi connectivity index (χ4n) is 1.65. The minimum atomic E-state index is 0.780. The largest absolute Gasteiger partial charge is 0.385 e. The lowest BCUT2D eigenvalue weighted by atomic mass is 10.2. The Morgan fingerprint density at radius 3 is 2.75 bits per heavy atom. The van der Waals surface area contributed by atoms with Crippen LogP contribution in [0.25, 0.3) is 0 Å². The standard InChI is InChI=1S/C13H23N3/c1-16(2)11-12-6-5-7-13(10-12)15-9-4-3-8-14/h5-7,10,15H,3-4,8-9,11,14H2,1-2H3. The van der Waals surface area contributed by atoms with Crippen LogP contribution in [0.3, 0.4) is 0 Å². The molecule has 0 aromatic heterocycles. The van der Waals surface area contributed by atoms with Gasteiger partial charge in [-0.15, -0.1) is 0 Å². The lowest BCUT2D eigenvalue weighted by molar-refractivity contribution is 0.402. The lowest BCUT2D eigenvalue weighted by Gasteiger charge is -2.11. The van der Waals surface area contributed by atoms with Crippen LogP contribution in [0.2, 0.25) is 0 Å². The summed E-state index contributed by atoms with van der Waals surface area (Å²) >= 11 is 0. The van der Waals surface area contributed by atoms with E-state index in [4.69, 9.17) is 5.73 Å². The van der Waals surface area contributed by atoms with Crippen molar-refractivity contribution in [3.63, 3.8) is 0 Å². The van der Waals surface area contributed by atoms with Crippen LogP contribution < -0.4 is 11.1 Å². The van der Waals surface area contributed by atoms with Gasteiger partial charge in [0.25, 0.3) is 0 Å². The molecule has 3 heteroatoms. The molecule has 0 saturated carbocycles. The van der Waals surface area contributed by atoms with Crippen LogP contribution in [0.4, 0.5) is 5.69 Å². The highest BCUT2D eigenvalue weighted by atomic mass is 15.0. The Morgan fingerprint density at radius 1 is 1.25 bits per heavy atom. The van der Waals surface area contributed by atoms with Gasteiger partial charge in [-0.3, -0.25) is 0 Å². The molecular formula is C13H23N3. The van der Waals surface area contributed by atoms with Crippen LogP contribution in [0, 0.1) is 0 Å². The first kappa shape index (κ1) is 13.0. The molecule has 16 heavy (non-hydrogen) atoms. The molecule has 0 aliphatic rings. The van der Waals surface area contributed by atoms with Gasteiger partial charge in [0, 0.05) is 18.8 Å². The summed E-state index contributed by atoms with van der Waals surface area (Å²) in [6, 6.07) is 8.58. The summed E-state index contributed by atoms with van der Waals surface area (Å²) in [5.41, 5.74) is 8.00. The second-order valence-corrected chi connectivity index (χ2v) is 4.36. The Bertz CT molecular complexity index is 297. The van der Waals surface area contributed by atoms with Gasteiger partial charge in [-0.25, -0.2) is 0 Å². The van der Waals surface area contributed by atoms with Gasteiger partial charge in [-0.2, -0.15) is 0 Å². The molecule has 0 unspecified atom stereocenters. The Balaban J connectivity index is 2.41. The van der Waals surface area contributed by atoms with Gasteiger partial charge in [0.15, 0.2) is 0 Å². The van der Waals surface area contributed by atoms with Crippen molar-refractivity contribution in [3.05, 3.63) is 29.8 Å². The highest BCUT2D eigenvalue weighted by Gasteiger charge is 1.97. The predicted octanol–water partition coefficient (Wildman–Crippen LogP) is 1.90. The summed E-state index contributed by atoms with van der Waals surface area (Å²) in [4.78, 5) is 2.17. The van der Waals surface area contributed by atoms with Crippen molar-refractivity contribution in [2.45, 2.75) is 19.4 Å². The van der Waals surface area contributed by atoms with Crippen molar-refractivity contribution in [1.82, 2.24) is 4.90 Å². The first-order valence-corrected chi connectivity index (χ1v) is 5.90. The third-order valence-corrected chi connectivity index (χ3v) is 2.39. The predicted molar refractivity (Wildman–Crippen MR) is 70.6 cm³/mol. The topological polar surface area (TPSA) is 41.3 Å². The van der Waals surface area contributed by atoms with Crippen molar-refractivity contribution >= 4 is 5.69 Å². The van der Waals surface area contributed by atoms with Gasteiger partial charge in [0.2, 0.25) is 0 Å². The quantitative estimate of drug-likeness (QED) is 0.691. The molecule has 0 heterocycles. The van der Waals surface area contributed by atoms with E-state index < -0.39 is 0 Å². The number of anilines is 1. The van der Waals surface area contributed by atoms with Crippen molar-refractivity contribution < 1.29 is 0 Å². The van der Waals surface area contributed by atoms with E-state index in [9.17, 15) is 0 Å². The summed E-state index contributed by atoms with van der Waals surface area (Å²) < 4.78 is 0. The molecule has 0 aliphatic heterocycles. The molecule has 0 fully saturated rings. The summed E-state index contributed by atoms with van der Waals surface area (Å²) in [6.07, 6.45) is 2.22. The zero-order chi connectivity index (χ0) is 11.8. The van der Waals surface area contributed by atoms with E-state index >= 15 is 0 Å². The number of nitrogens with one attached hydrogen (secondary N) is 1. The molecule has 0 saturated heterocycles. The van der Waals surface area contributed by atoms with E-state index in [-0.39, 0.29) is 0 Å². The smallest absolute Gasteiger partial charge is 0.0343 e. The fraction of sp³-hybridized carbons (Fsp3) is 0.538. The van der Waals surface area contributed by atoms with E-state index in [0.717, 1.165) is 32.5 Å². The molecule has 3 nitrogen and oxygen atoms in total. The summed E-state index contributed by atoms with van der Waals surface area (Å²) in [6.45, 7) is 2.77. The Kier molecular flexibility index (Phi) is 5.90. The monoisotopic (exact) mass is 221 g/mol. The molecular weight excluding hydrogens is 198 g/mol. The SMILES string of the molecule is CN(C)Cc1cccc(NCCCCN)c1. The van der Waals surface area contributed by atoms with Gasteiger partial charge in [-0.05, 0) is 51.2 Å². The third-order valence-electron chi connectivity index (χ3n) is 2.39. The number of unbranched alkanes of at least 4 members (excludes halogenated alkanes) is 1. The molecule has 3 N–H and O–H groups in total. The molecule has 1 aromatic rings. The first-order chi connectivity index (χ1) is 7.72. The van der Waals surface area contributed by atoms with Gasteiger partial charge in [-0.1, -0.05) is 12.1 Å². The van der Waals surface area contributed by atoms with Crippen LogP contribution in [-0.4, -0.2) is 32.1 Å². The molecule has 0 radical (unpaired) electrons. The van der Waals surface area contributed by atoms with Crippen molar-refractivity contribution in [1.29, 1.82) is 0 Å². The number of hydrogen-bond acceptors (Lipinski definition) is 3. The van der Waals surface area contributed by atoms with Crippen molar-refractivity contribution in [3.8, 4) is 0 Å². The second-order valence-electron chi connectivity index (χ2n) is 4.36. The summed E-state index contributed by atoms with van der Waals surface area (Å²) in [7, 11) is 4.17. The van der Waals surface area contributed by atoms with Crippen molar-refractivity contribution in [2.75, 3.05) is 32.5 Å². The summed E-state index contributed by atoms with van der Waals surface area (Å²) in [5, 5.41) is 3.42. The van der Waals surface area contributed by atoms with Crippen LogP contribution in [0.1, 0.15) is 18.4 Å². The van der Waals surface area contributed by atoms with Gasteiger partial charge < -0.3 is 16.0 Å². The van der Waals surface area contributed by atoms with Crippen molar-refractivity contribution in [2.24, 2.45) is 5.73 Å². The fourth-order valence-corrected chi connectivity index (χ4v) is 1.65. The third kappa shape index (κ3) is 5.14. The van der Waals surface area contributed by atoms with E-state index in [1.54, 1.807) is 0 Å². The number of nitrogens with two attached hydrogens (primary N) is 1. The average Bonchev–Trinajstić information content (AvgIpc) is 2.24. The molecule has 0 atom stereocenters. The molecule has 90 valence electrons. The van der Waals surface area contributed by atoms with Crippen LogP contribution in [0.5, 0.6) is 0 Å². The average molecular weight is 221 g/mol. The molecule has 0 aliphatic carbocycles. The van der Waals surface area contributed by atoms with E-state index in [2.05, 4.69) is 48.6 Å². The minimum Gasteiger partial charge on any atom is -0.385 e. The van der Waals surface area contributed by atoms with Gasteiger partial charge in [0.1, 0.15) is 0 Å². The number of rotatable bonds is 7. The molecule has 0 amide bonds. The zero-order valence-corrected chi connectivity index (χ0v) is 10.4. The molecule has 0 spiro atoms. The van der Waals surface area contributed by atoms with Crippen LogP contribution in [0.15, 0.2) is 24.3 Å². The highest BCUT2D eigenvalue weighted by Crippen LogP contribution is 2.11. The zero-order valence-electron chi connectivity index (χ0n) is 10.4. The molecule has 0 bridgehead atoms. The molecule has 1 aromatic carbocycles. The maximum Gasteiger partial charge on any atom is 0.0343 e. The Morgan fingerprint density at radius 2 is 2.06 bits per heavy atom. The van der Waals surface area contributed by atoms with E-state index in [0.29, 0.717) is 0 Å². The van der Waals surface area contributed by atoms with Crippen LogP contribution >= 0.6 is 0 Å². The summed E-state index contributed by atoms with van der Waals surface area (Å²) in [5.74, 6) is 0. The highest BCUT2D eigenvalue weighted by molar-refractivity contribution is 5.45. The first-order valence-electron chi connectivity index (χ1n) is 5.90. The Hall–Kier alpha value is -1.06. The van der Waals surface area contributed by atoms with Crippen LogP contribution in [-0.2, 0) is 6.54 Å². The van der Waals surface area contributed by atoms with Gasteiger partial charge in [0.05, 0.1) is 0 Å². The maximum atomic E-state index is 5.45. The number of benzene rings is 1. The maximum absolute atomic E-state index is 5.45. The number of nitrogens with zero attached hydrogens (tertiary/aromatic N) is 1. The Labute approximate surface area is 98.6 Å².